The number of hydrogen-bond donors (Lipinski definition) is 1. The Kier molecular flexibility index (Phi) is 5.27. The molecule has 1 N–H and O–H groups in total. The van der Waals surface area contributed by atoms with E-state index in [1.165, 1.54) is 0 Å². The molecule has 0 aliphatic heterocycles. The van der Waals surface area contributed by atoms with Crippen LogP contribution in [0.2, 0.25) is 0 Å². The van der Waals surface area contributed by atoms with E-state index in [9.17, 15) is 4.79 Å². The summed E-state index contributed by atoms with van der Waals surface area (Å²) in [6, 6.07) is 9.67. The van der Waals surface area contributed by atoms with Gasteiger partial charge in [-0.3, -0.25) is 9.48 Å². The number of carbonyl (C=O) groups excluding carboxylic acids is 1. The van der Waals surface area contributed by atoms with Gasteiger partial charge in [0.15, 0.2) is 0 Å². The van der Waals surface area contributed by atoms with Crippen molar-refractivity contribution >= 4 is 23.5 Å². The average Bonchev–Trinajstić information content (AvgIpc) is 2.77. The lowest BCUT2D eigenvalue weighted by molar-refractivity contribution is -0.115. The van der Waals surface area contributed by atoms with E-state index in [-0.39, 0.29) is 5.91 Å². The number of aryl methyl sites for hydroxylation is 2. The minimum Gasteiger partial charge on any atom is -0.497 e. The molecule has 1 amide bonds. The fourth-order valence-corrected chi connectivity index (χ4v) is 2.72. The molecule has 6 heteroatoms. The highest BCUT2D eigenvalue weighted by molar-refractivity contribution is 7.99. The normalized spacial score (nSPS) is 10.4. The topological polar surface area (TPSA) is 56.1 Å². The minimum atomic E-state index is -0.000915. The molecule has 0 radical (unpaired) electrons. The zero-order valence-corrected chi connectivity index (χ0v) is 13.2. The third-order valence-corrected chi connectivity index (χ3v) is 3.94. The highest BCUT2D eigenvalue weighted by Gasteiger charge is 2.07. The molecule has 0 unspecified atom stereocenters. The third kappa shape index (κ3) is 4.53. The van der Waals surface area contributed by atoms with Crippen molar-refractivity contribution in [2.75, 3.05) is 18.2 Å². The molecule has 2 aromatic rings. The fraction of sp³-hybridized carbons (Fsp3) is 0.333. The molecular formula is C15H19N3O2S. The Morgan fingerprint density at radius 2 is 2.10 bits per heavy atom. The lowest BCUT2D eigenvalue weighted by Gasteiger charge is -2.05. The van der Waals surface area contributed by atoms with Crippen molar-refractivity contribution in [1.29, 1.82) is 0 Å². The molecule has 5 nitrogen and oxygen atoms in total. The smallest absolute Gasteiger partial charge is 0.226 e. The molecule has 0 bridgehead atoms. The summed E-state index contributed by atoms with van der Waals surface area (Å²) < 4.78 is 6.78. The van der Waals surface area contributed by atoms with Crippen LogP contribution < -0.4 is 10.1 Å². The SMILES string of the molecule is COc1ccc(SCCC(=O)Nc2cc(C)nn2C)cc1. The molecule has 1 aromatic carbocycles. The molecular weight excluding hydrogens is 286 g/mol. The van der Waals surface area contributed by atoms with E-state index in [1.54, 1.807) is 23.6 Å². The quantitative estimate of drug-likeness (QED) is 0.834. The monoisotopic (exact) mass is 305 g/mol. The van der Waals surface area contributed by atoms with E-state index in [2.05, 4.69) is 10.4 Å². The van der Waals surface area contributed by atoms with Crippen molar-refractivity contribution in [2.45, 2.75) is 18.2 Å². The summed E-state index contributed by atoms with van der Waals surface area (Å²) in [7, 11) is 3.46. The van der Waals surface area contributed by atoms with Crippen LogP contribution in [0.15, 0.2) is 35.2 Å². The zero-order valence-electron chi connectivity index (χ0n) is 12.4. The van der Waals surface area contributed by atoms with Crippen LogP contribution in [-0.2, 0) is 11.8 Å². The number of anilines is 1. The lowest BCUT2D eigenvalue weighted by Crippen LogP contribution is -2.14. The Morgan fingerprint density at radius 1 is 1.38 bits per heavy atom. The first kappa shape index (κ1) is 15.4. The molecule has 0 fully saturated rings. The number of thioether (sulfide) groups is 1. The van der Waals surface area contributed by atoms with Gasteiger partial charge in [0, 0.05) is 30.2 Å². The van der Waals surface area contributed by atoms with Gasteiger partial charge in [-0.15, -0.1) is 11.8 Å². The van der Waals surface area contributed by atoms with Crippen molar-refractivity contribution in [2.24, 2.45) is 7.05 Å². The van der Waals surface area contributed by atoms with Crippen LogP contribution in [0.25, 0.3) is 0 Å². The van der Waals surface area contributed by atoms with Crippen LogP contribution in [0.1, 0.15) is 12.1 Å². The summed E-state index contributed by atoms with van der Waals surface area (Å²) in [4.78, 5) is 13.0. The van der Waals surface area contributed by atoms with E-state index in [4.69, 9.17) is 4.74 Å². The van der Waals surface area contributed by atoms with Crippen LogP contribution in [0.4, 0.5) is 5.82 Å². The second-order valence-corrected chi connectivity index (χ2v) is 5.79. The molecule has 0 spiro atoms. The first-order valence-electron chi connectivity index (χ1n) is 6.66. The summed E-state index contributed by atoms with van der Waals surface area (Å²) in [6.45, 7) is 1.90. The number of nitrogens with one attached hydrogen (secondary N) is 1. The van der Waals surface area contributed by atoms with Gasteiger partial charge < -0.3 is 10.1 Å². The summed E-state index contributed by atoms with van der Waals surface area (Å²) in [5, 5.41) is 7.06. The Morgan fingerprint density at radius 3 is 2.67 bits per heavy atom. The lowest BCUT2D eigenvalue weighted by atomic mass is 10.3. The predicted octanol–water partition coefficient (Wildman–Crippen LogP) is 2.86. The highest BCUT2D eigenvalue weighted by atomic mass is 32.2. The van der Waals surface area contributed by atoms with Gasteiger partial charge in [0.05, 0.1) is 12.8 Å². The van der Waals surface area contributed by atoms with E-state index in [0.29, 0.717) is 6.42 Å². The number of nitrogens with zero attached hydrogens (tertiary/aromatic N) is 2. The van der Waals surface area contributed by atoms with Gasteiger partial charge in [-0.2, -0.15) is 5.10 Å². The Balaban J connectivity index is 1.77. The van der Waals surface area contributed by atoms with Crippen LogP contribution in [0, 0.1) is 6.92 Å². The van der Waals surface area contributed by atoms with Gasteiger partial charge in [-0.05, 0) is 31.2 Å². The van der Waals surface area contributed by atoms with Crippen molar-refractivity contribution < 1.29 is 9.53 Å². The number of benzene rings is 1. The van der Waals surface area contributed by atoms with Gasteiger partial charge >= 0.3 is 0 Å². The van der Waals surface area contributed by atoms with Gasteiger partial charge in [0.1, 0.15) is 11.6 Å². The van der Waals surface area contributed by atoms with Crippen LogP contribution in [0.5, 0.6) is 5.75 Å². The Hall–Kier alpha value is -1.95. The first-order valence-corrected chi connectivity index (χ1v) is 7.64. The molecule has 1 aromatic heterocycles. The maximum absolute atomic E-state index is 11.9. The number of amides is 1. The van der Waals surface area contributed by atoms with Crippen molar-refractivity contribution in [3.8, 4) is 5.75 Å². The number of methoxy groups -OCH3 is 1. The molecule has 0 aliphatic rings. The maximum Gasteiger partial charge on any atom is 0.226 e. The molecule has 21 heavy (non-hydrogen) atoms. The van der Waals surface area contributed by atoms with E-state index in [1.807, 2.05) is 44.3 Å². The maximum atomic E-state index is 11.9. The summed E-state index contributed by atoms with van der Waals surface area (Å²) >= 11 is 1.65. The van der Waals surface area contributed by atoms with Crippen molar-refractivity contribution in [3.63, 3.8) is 0 Å². The second kappa shape index (κ2) is 7.17. The van der Waals surface area contributed by atoms with Gasteiger partial charge in [-0.1, -0.05) is 0 Å². The fourth-order valence-electron chi connectivity index (χ4n) is 1.87. The molecule has 0 saturated heterocycles. The number of ether oxygens (including phenoxy) is 1. The Bertz CT molecular complexity index is 608. The Labute approximate surface area is 128 Å². The second-order valence-electron chi connectivity index (χ2n) is 4.62. The molecule has 112 valence electrons. The molecule has 0 aliphatic carbocycles. The highest BCUT2D eigenvalue weighted by Crippen LogP contribution is 2.22. The minimum absolute atomic E-state index is 0.000915. The van der Waals surface area contributed by atoms with Gasteiger partial charge in [0.25, 0.3) is 0 Å². The van der Waals surface area contributed by atoms with Gasteiger partial charge in [-0.25, -0.2) is 0 Å². The number of hydrogen-bond acceptors (Lipinski definition) is 4. The van der Waals surface area contributed by atoms with Crippen LogP contribution >= 0.6 is 11.8 Å². The first-order chi connectivity index (χ1) is 10.1. The average molecular weight is 305 g/mol. The molecule has 1 heterocycles. The standard InChI is InChI=1S/C15H19N3O2S/c1-11-10-14(18(2)17-11)16-15(19)8-9-21-13-6-4-12(20-3)5-7-13/h4-7,10H,8-9H2,1-3H3,(H,16,19). The van der Waals surface area contributed by atoms with Crippen molar-refractivity contribution in [3.05, 3.63) is 36.0 Å². The molecule has 0 atom stereocenters. The number of carbonyl (C=O) groups is 1. The largest absolute Gasteiger partial charge is 0.497 e. The molecule has 0 saturated carbocycles. The van der Waals surface area contributed by atoms with E-state index >= 15 is 0 Å². The van der Waals surface area contributed by atoms with E-state index in [0.717, 1.165) is 27.9 Å². The third-order valence-electron chi connectivity index (χ3n) is 2.93. The summed E-state index contributed by atoms with van der Waals surface area (Å²) in [5.41, 5.74) is 0.889. The van der Waals surface area contributed by atoms with Crippen molar-refractivity contribution in [1.82, 2.24) is 9.78 Å². The summed E-state index contributed by atoms with van der Waals surface area (Å²) in [6.07, 6.45) is 0.459. The van der Waals surface area contributed by atoms with Gasteiger partial charge in [0.2, 0.25) is 5.91 Å². The van der Waals surface area contributed by atoms with E-state index < -0.39 is 0 Å². The number of rotatable bonds is 6. The zero-order chi connectivity index (χ0) is 15.2. The number of aromatic nitrogens is 2. The molecule has 2 rings (SSSR count). The predicted molar refractivity (Wildman–Crippen MR) is 84.9 cm³/mol. The van der Waals surface area contributed by atoms with Crippen LogP contribution in [0.3, 0.4) is 0 Å². The summed E-state index contributed by atoms with van der Waals surface area (Å²) in [5.74, 6) is 2.30. The van der Waals surface area contributed by atoms with Crippen LogP contribution in [-0.4, -0.2) is 28.6 Å².